The number of methoxy groups -OCH3 is 2. The van der Waals surface area contributed by atoms with Crippen LogP contribution in [0.2, 0.25) is 5.02 Å². The Morgan fingerprint density at radius 3 is 2.19 bits per heavy atom. The van der Waals surface area contributed by atoms with E-state index in [1.54, 1.807) is 6.92 Å². The molecule has 31 heavy (non-hydrogen) atoms. The Morgan fingerprint density at radius 2 is 1.65 bits per heavy atom. The predicted molar refractivity (Wildman–Crippen MR) is 120 cm³/mol. The summed E-state index contributed by atoms with van der Waals surface area (Å²) in [5.74, 6) is -0.309. The van der Waals surface area contributed by atoms with Gasteiger partial charge in [-0.05, 0) is 54.3 Å². The van der Waals surface area contributed by atoms with E-state index in [4.69, 9.17) is 26.8 Å². The molecule has 0 aliphatic carbocycles. The van der Waals surface area contributed by atoms with Gasteiger partial charge in [0.2, 0.25) is 9.84 Å². The smallest absolute Gasteiger partial charge is 0.339 e. The molecular weight excluding hydrogens is 438 g/mol. The number of hydrogen-bond donors (Lipinski definition) is 1. The third kappa shape index (κ3) is 4.24. The first-order valence-corrected chi connectivity index (χ1v) is 11.2. The van der Waals surface area contributed by atoms with Gasteiger partial charge in [-0.25, -0.2) is 13.2 Å². The van der Waals surface area contributed by atoms with E-state index in [1.807, 2.05) is 30.3 Å². The van der Waals surface area contributed by atoms with Gasteiger partial charge in [0.1, 0.15) is 10.6 Å². The zero-order chi connectivity index (χ0) is 22.8. The number of nitrogens with two attached hydrogens (primary N) is 1. The van der Waals surface area contributed by atoms with Crippen molar-refractivity contribution in [2.75, 3.05) is 20.0 Å². The second-order valence-electron chi connectivity index (χ2n) is 6.87. The SMILES string of the molecule is COC(=O)c1c(Cc2ccccc2)c(C)c(Cl)c(N)c1S(=O)(=O)c1ccc(OC)cc1. The van der Waals surface area contributed by atoms with Gasteiger partial charge in [0.05, 0.1) is 35.4 Å². The fraction of sp³-hybridized carbons (Fsp3) is 0.174. The number of sulfone groups is 1. The number of benzene rings is 3. The predicted octanol–water partition coefficient (Wildman–Crippen LogP) is 4.45. The molecule has 0 atom stereocenters. The minimum Gasteiger partial charge on any atom is -0.497 e. The van der Waals surface area contributed by atoms with E-state index in [0.29, 0.717) is 16.9 Å². The molecule has 0 radical (unpaired) electrons. The second-order valence-corrected chi connectivity index (χ2v) is 9.13. The molecule has 0 spiro atoms. The second kappa shape index (κ2) is 8.99. The van der Waals surface area contributed by atoms with Crippen LogP contribution in [0.5, 0.6) is 5.75 Å². The van der Waals surface area contributed by atoms with Crippen LogP contribution in [0.1, 0.15) is 27.0 Å². The summed E-state index contributed by atoms with van der Waals surface area (Å²) in [4.78, 5) is 12.4. The van der Waals surface area contributed by atoms with Crippen molar-refractivity contribution in [2.45, 2.75) is 23.1 Å². The van der Waals surface area contributed by atoms with Gasteiger partial charge in [-0.2, -0.15) is 0 Å². The lowest BCUT2D eigenvalue weighted by Gasteiger charge is -2.20. The molecule has 3 rings (SSSR count). The summed E-state index contributed by atoms with van der Waals surface area (Å²) >= 11 is 6.45. The fourth-order valence-electron chi connectivity index (χ4n) is 3.38. The van der Waals surface area contributed by atoms with Crippen LogP contribution >= 0.6 is 11.6 Å². The summed E-state index contributed by atoms with van der Waals surface area (Å²) in [6.45, 7) is 1.70. The van der Waals surface area contributed by atoms with E-state index >= 15 is 0 Å². The number of nitrogen functional groups attached to an aromatic ring is 1. The van der Waals surface area contributed by atoms with E-state index < -0.39 is 15.8 Å². The molecule has 0 aliphatic rings. The Balaban J connectivity index is 2.34. The lowest BCUT2D eigenvalue weighted by Crippen LogP contribution is -2.18. The Hall–Kier alpha value is -3.03. The van der Waals surface area contributed by atoms with Crippen molar-refractivity contribution in [2.24, 2.45) is 0 Å². The first kappa shape index (κ1) is 22.7. The number of halogens is 1. The summed E-state index contributed by atoms with van der Waals surface area (Å²) < 4.78 is 37.2. The number of carbonyl (C=O) groups is 1. The number of rotatable bonds is 6. The molecule has 3 aromatic rings. The zero-order valence-corrected chi connectivity index (χ0v) is 18.9. The van der Waals surface area contributed by atoms with Gasteiger partial charge in [0.15, 0.2) is 0 Å². The molecule has 0 aliphatic heterocycles. The molecule has 0 unspecified atom stereocenters. The Bertz CT molecular complexity index is 1220. The van der Waals surface area contributed by atoms with E-state index in [-0.39, 0.29) is 32.5 Å². The Morgan fingerprint density at radius 1 is 1.03 bits per heavy atom. The maximum atomic E-state index is 13.6. The highest BCUT2D eigenvalue weighted by molar-refractivity contribution is 7.91. The van der Waals surface area contributed by atoms with Crippen LogP contribution in [0.15, 0.2) is 64.4 Å². The first-order valence-electron chi connectivity index (χ1n) is 9.34. The van der Waals surface area contributed by atoms with Gasteiger partial charge in [-0.1, -0.05) is 41.9 Å². The summed E-state index contributed by atoms with van der Waals surface area (Å²) in [6, 6.07) is 15.1. The lowest BCUT2D eigenvalue weighted by atomic mass is 9.94. The molecule has 0 aromatic heterocycles. The van der Waals surface area contributed by atoms with E-state index in [1.165, 1.54) is 38.5 Å². The maximum Gasteiger partial charge on any atom is 0.339 e. The van der Waals surface area contributed by atoms with Crippen LogP contribution in [0.25, 0.3) is 0 Å². The average molecular weight is 460 g/mol. The molecule has 6 nitrogen and oxygen atoms in total. The molecule has 0 heterocycles. The first-order chi connectivity index (χ1) is 14.7. The van der Waals surface area contributed by atoms with Gasteiger partial charge < -0.3 is 15.2 Å². The zero-order valence-electron chi connectivity index (χ0n) is 17.3. The standard InChI is InChI=1S/C23H22ClNO5S/c1-14-18(13-15-7-5-4-6-8-15)19(23(26)30-3)22(21(25)20(14)24)31(27,28)17-11-9-16(29-2)10-12-17/h4-12H,13,25H2,1-3H3. The topological polar surface area (TPSA) is 95.7 Å². The van der Waals surface area contributed by atoms with Crippen molar-refractivity contribution in [3.8, 4) is 5.75 Å². The average Bonchev–Trinajstić information content (AvgIpc) is 2.79. The molecule has 8 heteroatoms. The summed E-state index contributed by atoms with van der Waals surface area (Å²) in [5.41, 5.74) is 7.73. The summed E-state index contributed by atoms with van der Waals surface area (Å²) in [5, 5.41) is 0.0886. The molecule has 0 amide bonds. The van der Waals surface area contributed by atoms with Gasteiger partial charge in [0, 0.05) is 0 Å². The van der Waals surface area contributed by atoms with Crippen molar-refractivity contribution in [1.29, 1.82) is 0 Å². The minimum absolute atomic E-state index is 0.0456. The van der Waals surface area contributed by atoms with Crippen LogP contribution in [-0.4, -0.2) is 28.6 Å². The fourth-order valence-corrected chi connectivity index (χ4v) is 5.25. The van der Waals surface area contributed by atoms with Crippen LogP contribution < -0.4 is 10.5 Å². The highest BCUT2D eigenvalue weighted by atomic mass is 35.5. The van der Waals surface area contributed by atoms with E-state index in [9.17, 15) is 13.2 Å². The van der Waals surface area contributed by atoms with Crippen molar-refractivity contribution in [3.63, 3.8) is 0 Å². The summed E-state index contributed by atoms with van der Waals surface area (Å²) in [6.07, 6.45) is 0.280. The van der Waals surface area contributed by atoms with Crippen molar-refractivity contribution >= 4 is 33.1 Å². The highest BCUT2D eigenvalue weighted by Gasteiger charge is 2.33. The number of anilines is 1. The number of ether oxygens (including phenoxy) is 2. The van der Waals surface area contributed by atoms with E-state index in [2.05, 4.69) is 0 Å². The van der Waals surface area contributed by atoms with Crippen molar-refractivity contribution in [1.82, 2.24) is 0 Å². The third-order valence-electron chi connectivity index (χ3n) is 5.04. The normalized spacial score (nSPS) is 11.2. The molecule has 0 bridgehead atoms. The number of hydrogen-bond acceptors (Lipinski definition) is 6. The third-order valence-corrected chi connectivity index (χ3v) is 7.38. The van der Waals surface area contributed by atoms with Gasteiger partial charge >= 0.3 is 5.97 Å². The van der Waals surface area contributed by atoms with Crippen LogP contribution in [0.3, 0.4) is 0 Å². The van der Waals surface area contributed by atoms with Crippen molar-refractivity contribution < 1.29 is 22.7 Å². The largest absolute Gasteiger partial charge is 0.497 e. The van der Waals surface area contributed by atoms with Gasteiger partial charge in [0.25, 0.3) is 0 Å². The quantitative estimate of drug-likeness (QED) is 0.432. The molecule has 0 saturated heterocycles. The molecular formula is C23H22ClNO5S. The Labute approximate surface area is 186 Å². The van der Waals surface area contributed by atoms with E-state index in [0.717, 1.165) is 5.56 Å². The lowest BCUT2D eigenvalue weighted by molar-refractivity contribution is 0.0595. The molecule has 0 saturated carbocycles. The Kier molecular flexibility index (Phi) is 6.57. The summed E-state index contributed by atoms with van der Waals surface area (Å²) in [7, 11) is -1.53. The van der Waals surface area contributed by atoms with Crippen molar-refractivity contribution in [3.05, 3.63) is 81.9 Å². The minimum atomic E-state index is -4.20. The number of carbonyl (C=O) groups excluding carboxylic acids is 1. The van der Waals surface area contributed by atoms with Crippen LogP contribution in [-0.2, 0) is 21.0 Å². The molecule has 2 N–H and O–H groups in total. The van der Waals surface area contributed by atoms with Crippen LogP contribution in [0, 0.1) is 6.92 Å². The molecule has 3 aromatic carbocycles. The molecule has 0 fully saturated rings. The van der Waals surface area contributed by atoms with Gasteiger partial charge in [-0.3, -0.25) is 0 Å². The number of esters is 1. The molecule has 162 valence electrons. The highest BCUT2D eigenvalue weighted by Crippen LogP contribution is 2.40. The maximum absolute atomic E-state index is 13.6. The van der Waals surface area contributed by atoms with Crippen LogP contribution in [0.4, 0.5) is 5.69 Å². The monoisotopic (exact) mass is 459 g/mol. The van der Waals surface area contributed by atoms with Gasteiger partial charge in [-0.15, -0.1) is 0 Å².